The summed E-state index contributed by atoms with van der Waals surface area (Å²) >= 11 is 0. The number of rotatable bonds is 3. The van der Waals surface area contributed by atoms with E-state index in [9.17, 15) is 4.79 Å². The standard InChI is InChI=1S/C12H12N2O/c1-10-4-2-3-5-11(10)8-14-7-6-12(9-15)13-14/h2-7,9H,8H2,1H3. The van der Waals surface area contributed by atoms with Crippen LogP contribution in [0.25, 0.3) is 0 Å². The molecule has 3 nitrogen and oxygen atoms in total. The fourth-order valence-electron chi connectivity index (χ4n) is 1.49. The van der Waals surface area contributed by atoms with Crippen LogP contribution in [0.15, 0.2) is 36.5 Å². The molecule has 1 aromatic carbocycles. The molecule has 0 fully saturated rings. The molecule has 0 saturated heterocycles. The Morgan fingerprint density at radius 2 is 2.13 bits per heavy atom. The van der Waals surface area contributed by atoms with E-state index in [0.717, 1.165) is 6.29 Å². The van der Waals surface area contributed by atoms with Crippen molar-refractivity contribution in [3.05, 3.63) is 53.3 Å². The zero-order valence-electron chi connectivity index (χ0n) is 8.55. The fraction of sp³-hybridized carbons (Fsp3) is 0.167. The lowest BCUT2D eigenvalue weighted by Gasteiger charge is -2.04. The molecule has 1 heterocycles. The van der Waals surface area contributed by atoms with Crippen LogP contribution in [-0.4, -0.2) is 16.1 Å². The normalized spacial score (nSPS) is 10.2. The van der Waals surface area contributed by atoms with Crippen LogP contribution >= 0.6 is 0 Å². The van der Waals surface area contributed by atoms with Gasteiger partial charge in [0.05, 0.1) is 6.54 Å². The Labute approximate surface area is 88.4 Å². The average Bonchev–Trinajstić information content (AvgIpc) is 2.69. The van der Waals surface area contributed by atoms with Crippen molar-refractivity contribution in [2.45, 2.75) is 13.5 Å². The van der Waals surface area contributed by atoms with E-state index >= 15 is 0 Å². The monoisotopic (exact) mass is 200 g/mol. The first kappa shape index (κ1) is 9.65. The molecule has 15 heavy (non-hydrogen) atoms. The predicted molar refractivity (Wildman–Crippen MR) is 57.9 cm³/mol. The van der Waals surface area contributed by atoms with Crippen LogP contribution in [0.3, 0.4) is 0 Å². The maximum atomic E-state index is 10.5. The van der Waals surface area contributed by atoms with Gasteiger partial charge in [0, 0.05) is 6.20 Å². The van der Waals surface area contributed by atoms with E-state index in [2.05, 4.69) is 24.2 Å². The van der Waals surface area contributed by atoms with Gasteiger partial charge >= 0.3 is 0 Å². The third-order valence-corrected chi connectivity index (χ3v) is 2.38. The summed E-state index contributed by atoms with van der Waals surface area (Å²) in [6.07, 6.45) is 2.57. The SMILES string of the molecule is Cc1ccccc1Cn1ccc(C=O)n1. The molecule has 1 aromatic heterocycles. The van der Waals surface area contributed by atoms with Gasteiger partial charge in [-0.3, -0.25) is 9.48 Å². The lowest BCUT2D eigenvalue weighted by molar-refractivity contribution is 0.111. The maximum absolute atomic E-state index is 10.5. The highest BCUT2D eigenvalue weighted by Gasteiger charge is 2.00. The van der Waals surface area contributed by atoms with Crippen molar-refractivity contribution in [2.24, 2.45) is 0 Å². The summed E-state index contributed by atoms with van der Waals surface area (Å²) in [6, 6.07) is 9.87. The molecule has 0 radical (unpaired) electrons. The summed E-state index contributed by atoms with van der Waals surface area (Å²) < 4.78 is 1.77. The largest absolute Gasteiger partial charge is 0.296 e. The summed E-state index contributed by atoms with van der Waals surface area (Å²) in [7, 11) is 0. The van der Waals surface area contributed by atoms with E-state index in [1.807, 2.05) is 18.3 Å². The number of benzene rings is 1. The number of hydrogen-bond acceptors (Lipinski definition) is 2. The number of hydrogen-bond donors (Lipinski definition) is 0. The van der Waals surface area contributed by atoms with E-state index in [0.29, 0.717) is 12.2 Å². The van der Waals surface area contributed by atoms with Crippen molar-refractivity contribution >= 4 is 6.29 Å². The van der Waals surface area contributed by atoms with Crippen LogP contribution in [0.1, 0.15) is 21.6 Å². The van der Waals surface area contributed by atoms with Gasteiger partial charge < -0.3 is 0 Å². The van der Waals surface area contributed by atoms with E-state index in [1.165, 1.54) is 11.1 Å². The van der Waals surface area contributed by atoms with Crippen LogP contribution < -0.4 is 0 Å². The van der Waals surface area contributed by atoms with E-state index in [-0.39, 0.29) is 0 Å². The first-order valence-electron chi connectivity index (χ1n) is 4.83. The minimum atomic E-state index is 0.476. The van der Waals surface area contributed by atoms with Gasteiger partial charge in [-0.25, -0.2) is 0 Å². The number of nitrogens with zero attached hydrogens (tertiary/aromatic N) is 2. The third kappa shape index (κ3) is 2.13. The molecule has 3 heteroatoms. The quantitative estimate of drug-likeness (QED) is 0.711. The van der Waals surface area contributed by atoms with Crippen LogP contribution in [0.2, 0.25) is 0 Å². The van der Waals surface area contributed by atoms with Gasteiger partial charge in [0.2, 0.25) is 0 Å². The molecular weight excluding hydrogens is 188 g/mol. The number of aromatic nitrogens is 2. The molecule has 0 bridgehead atoms. The molecule has 2 rings (SSSR count). The molecule has 0 aliphatic heterocycles. The number of aryl methyl sites for hydroxylation is 1. The van der Waals surface area contributed by atoms with Gasteiger partial charge in [0.1, 0.15) is 5.69 Å². The predicted octanol–water partition coefficient (Wildman–Crippen LogP) is 2.05. The van der Waals surface area contributed by atoms with E-state index in [1.54, 1.807) is 10.7 Å². The highest BCUT2D eigenvalue weighted by Crippen LogP contribution is 2.08. The Morgan fingerprint density at radius 1 is 1.33 bits per heavy atom. The maximum Gasteiger partial charge on any atom is 0.170 e. The zero-order valence-corrected chi connectivity index (χ0v) is 8.55. The molecule has 0 aliphatic rings. The summed E-state index contributed by atoms with van der Waals surface area (Å²) in [5.41, 5.74) is 2.93. The molecule has 0 amide bonds. The highest BCUT2D eigenvalue weighted by atomic mass is 16.1. The topological polar surface area (TPSA) is 34.9 Å². The van der Waals surface area contributed by atoms with Crippen molar-refractivity contribution in [2.75, 3.05) is 0 Å². The first-order valence-corrected chi connectivity index (χ1v) is 4.83. The van der Waals surface area contributed by atoms with Crippen LogP contribution in [0.4, 0.5) is 0 Å². The summed E-state index contributed by atoms with van der Waals surface area (Å²) in [6.45, 7) is 2.78. The van der Waals surface area contributed by atoms with Crippen LogP contribution in [-0.2, 0) is 6.54 Å². The van der Waals surface area contributed by atoms with Gasteiger partial charge in [-0.05, 0) is 24.1 Å². The first-order chi connectivity index (χ1) is 7.29. The van der Waals surface area contributed by atoms with Crippen molar-refractivity contribution in [1.29, 1.82) is 0 Å². The molecule has 0 atom stereocenters. The van der Waals surface area contributed by atoms with Gasteiger partial charge in [-0.2, -0.15) is 5.10 Å². The Morgan fingerprint density at radius 3 is 2.80 bits per heavy atom. The van der Waals surface area contributed by atoms with Crippen molar-refractivity contribution in [3.63, 3.8) is 0 Å². The Hall–Kier alpha value is -1.90. The van der Waals surface area contributed by atoms with E-state index in [4.69, 9.17) is 0 Å². The Balaban J connectivity index is 2.22. The van der Waals surface area contributed by atoms with Crippen molar-refractivity contribution in [1.82, 2.24) is 9.78 Å². The molecule has 0 aliphatic carbocycles. The molecule has 76 valence electrons. The number of carbonyl (C=O) groups is 1. The molecule has 2 aromatic rings. The Bertz CT molecular complexity index is 474. The van der Waals surface area contributed by atoms with Crippen LogP contribution in [0, 0.1) is 6.92 Å². The lowest BCUT2D eigenvalue weighted by atomic mass is 10.1. The number of aldehydes is 1. The number of carbonyl (C=O) groups excluding carboxylic acids is 1. The molecule has 0 saturated carbocycles. The van der Waals surface area contributed by atoms with Crippen LogP contribution in [0.5, 0.6) is 0 Å². The lowest BCUT2D eigenvalue weighted by Crippen LogP contribution is -2.02. The van der Waals surface area contributed by atoms with Gasteiger partial charge in [-0.15, -0.1) is 0 Å². The molecule has 0 unspecified atom stereocenters. The summed E-state index contributed by atoms with van der Waals surface area (Å²) in [5, 5.41) is 4.11. The summed E-state index contributed by atoms with van der Waals surface area (Å²) in [5.74, 6) is 0. The van der Waals surface area contributed by atoms with E-state index < -0.39 is 0 Å². The second kappa shape index (κ2) is 4.09. The van der Waals surface area contributed by atoms with Crippen molar-refractivity contribution in [3.8, 4) is 0 Å². The summed E-state index contributed by atoms with van der Waals surface area (Å²) in [4.78, 5) is 10.5. The Kier molecular flexibility index (Phi) is 2.63. The average molecular weight is 200 g/mol. The third-order valence-electron chi connectivity index (χ3n) is 2.38. The zero-order chi connectivity index (χ0) is 10.7. The molecule has 0 N–H and O–H groups in total. The van der Waals surface area contributed by atoms with Gasteiger partial charge in [-0.1, -0.05) is 24.3 Å². The molecular formula is C12H12N2O. The second-order valence-corrected chi connectivity index (χ2v) is 3.48. The van der Waals surface area contributed by atoms with Gasteiger partial charge in [0.15, 0.2) is 6.29 Å². The van der Waals surface area contributed by atoms with Gasteiger partial charge in [0.25, 0.3) is 0 Å². The molecule has 0 spiro atoms. The fourth-order valence-corrected chi connectivity index (χ4v) is 1.49. The highest BCUT2D eigenvalue weighted by molar-refractivity contribution is 5.71. The second-order valence-electron chi connectivity index (χ2n) is 3.48. The van der Waals surface area contributed by atoms with Crippen molar-refractivity contribution < 1.29 is 4.79 Å². The minimum Gasteiger partial charge on any atom is -0.296 e. The smallest absolute Gasteiger partial charge is 0.170 e. The minimum absolute atomic E-state index is 0.476.